The Morgan fingerprint density at radius 2 is 0.789 bits per heavy atom. The minimum absolute atomic E-state index is 0.907. The second-order valence-electron chi connectivity index (χ2n) is 11.0. The maximum absolute atomic E-state index is 5.33. The first-order valence-electron chi connectivity index (χ1n) is 16.0. The normalized spacial score (nSPS) is 12.4. The van der Waals surface area contributed by atoms with Crippen LogP contribution in [0.5, 0.6) is 0 Å². The fraction of sp³-hybridized carbons (Fsp3) is 0.611. The van der Waals surface area contributed by atoms with E-state index in [0.29, 0.717) is 0 Å². The zero-order valence-corrected chi connectivity index (χ0v) is 25.7. The van der Waals surface area contributed by atoms with Crippen molar-refractivity contribution < 1.29 is 0 Å². The van der Waals surface area contributed by atoms with E-state index in [1.54, 1.807) is 0 Å². The minimum Gasteiger partial charge on any atom is -0.252 e. The SMILES string of the molecule is CCCCC(=Nc1cc(CCCC)cc(CCCC)c1)C(CC)=Nc1cc(CCCC)cc(CCCC)c1. The number of benzene rings is 2. The summed E-state index contributed by atoms with van der Waals surface area (Å²) in [7, 11) is 0. The van der Waals surface area contributed by atoms with Gasteiger partial charge in [-0.15, -0.1) is 0 Å². The molecule has 0 amide bonds. The fourth-order valence-corrected chi connectivity index (χ4v) is 4.98. The van der Waals surface area contributed by atoms with Crippen LogP contribution in [0.15, 0.2) is 46.4 Å². The van der Waals surface area contributed by atoms with Gasteiger partial charge >= 0.3 is 0 Å². The van der Waals surface area contributed by atoms with Crippen LogP contribution in [-0.2, 0) is 25.7 Å². The summed E-state index contributed by atoms with van der Waals surface area (Å²) in [6, 6.07) is 14.2. The van der Waals surface area contributed by atoms with Gasteiger partial charge in [-0.3, -0.25) is 9.98 Å². The van der Waals surface area contributed by atoms with E-state index in [0.717, 1.165) is 62.0 Å². The highest BCUT2D eigenvalue weighted by Gasteiger charge is 2.11. The third-order valence-corrected chi connectivity index (χ3v) is 7.31. The molecule has 2 nitrogen and oxygen atoms in total. The average molecular weight is 517 g/mol. The molecule has 0 saturated heterocycles. The van der Waals surface area contributed by atoms with E-state index in [2.05, 4.69) is 77.9 Å². The Balaban J connectivity index is 2.52. The molecule has 0 aliphatic heterocycles. The van der Waals surface area contributed by atoms with Gasteiger partial charge in [-0.25, -0.2) is 0 Å². The summed E-state index contributed by atoms with van der Waals surface area (Å²) in [4.78, 5) is 10.6. The van der Waals surface area contributed by atoms with E-state index in [9.17, 15) is 0 Å². The lowest BCUT2D eigenvalue weighted by molar-refractivity contribution is 0.780. The largest absolute Gasteiger partial charge is 0.252 e. The van der Waals surface area contributed by atoms with Crippen LogP contribution in [0.25, 0.3) is 0 Å². The number of aryl methyl sites for hydroxylation is 4. The molecule has 0 atom stereocenters. The van der Waals surface area contributed by atoms with Crippen LogP contribution < -0.4 is 0 Å². The standard InChI is InChI=1S/C36H56N2/c1-7-13-18-29-23-30(19-14-8-2)26-33(25-29)37-35(12-6)36(22-17-11-5)38-34-27-31(20-15-9-3)24-32(28-34)21-16-10-4/h23-28H,7-22H2,1-6H3. The number of hydrogen-bond acceptors (Lipinski definition) is 2. The van der Waals surface area contributed by atoms with Gasteiger partial charge in [0, 0.05) is 0 Å². The Kier molecular flexibility index (Phi) is 15.9. The van der Waals surface area contributed by atoms with E-state index in [-0.39, 0.29) is 0 Å². The Bertz CT molecular complexity index is 946. The second-order valence-corrected chi connectivity index (χ2v) is 11.0. The smallest absolute Gasteiger partial charge is 0.0639 e. The molecule has 0 bridgehead atoms. The van der Waals surface area contributed by atoms with Crippen LogP contribution in [0.1, 0.15) is 141 Å². The lowest BCUT2D eigenvalue weighted by Gasteiger charge is -2.13. The van der Waals surface area contributed by atoms with Crippen molar-refractivity contribution in [2.24, 2.45) is 9.98 Å². The van der Waals surface area contributed by atoms with Crippen LogP contribution in [0.2, 0.25) is 0 Å². The first-order valence-corrected chi connectivity index (χ1v) is 16.0. The monoisotopic (exact) mass is 516 g/mol. The molecule has 2 aromatic carbocycles. The molecule has 2 heteroatoms. The van der Waals surface area contributed by atoms with E-state index in [4.69, 9.17) is 9.98 Å². The zero-order valence-electron chi connectivity index (χ0n) is 25.7. The molecule has 0 heterocycles. The van der Waals surface area contributed by atoms with E-state index in [1.165, 1.54) is 85.8 Å². The van der Waals surface area contributed by atoms with Crippen LogP contribution >= 0.6 is 0 Å². The summed E-state index contributed by atoms with van der Waals surface area (Å²) in [5.74, 6) is 0. The van der Waals surface area contributed by atoms with Crippen molar-refractivity contribution in [1.82, 2.24) is 0 Å². The van der Waals surface area contributed by atoms with Gasteiger partial charge in [0.25, 0.3) is 0 Å². The molecule has 210 valence electrons. The summed E-state index contributed by atoms with van der Waals surface area (Å²) >= 11 is 0. The molecule has 0 radical (unpaired) electrons. The molecule has 0 fully saturated rings. The van der Waals surface area contributed by atoms with Crippen molar-refractivity contribution in [2.75, 3.05) is 0 Å². The Morgan fingerprint density at radius 3 is 1.11 bits per heavy atom. The number of rotatable bonds is 19. The summed E-state index contributed by atoms with van der Waals surface area (Å²) in [6.07, 6.45) is 18.6. The van der Waals surface area contributed by atoms with E-state index >= 15 is 0 Å². The van der Waals surface area contributed by atoms with Gasteiger partial charge in [-0.2, -0.15) is 0 Å². The first-order chi connectivity index (χ1) is 18.6. The number of hydrogen-bond donors (Lipinski definition) is 0. The zero-order chi connectivity index (χ0) is 27.6. The maximum Gasteiger partial charge on any atom is 0.0639 e. The second kappa shape index (κ2) is 18.9. The molecule has 0 aliphatic rings. The summed E-state index contributed by atoms with van der Waals surface area (Å²) in [5.41, 5.74) is 10.3. The van der Waals surface area contributed by atoms with Crippen LogP contribution in [0.3, 0.4) is 0 Å². The summed E-state index contributed by atoms with van der Waals surface area (Å²) in [5, 5.41) is 0. The van der Waals surface area contributed by atoms with Crippen molar-refractivity contribution in [1.29, 1.82) is 0 Å². The lowest BCUT2D eigenvalue weighted by atomic mass is 10.00. The Morgan fingerprint density at radius 1 is 0.447 bits per heavy atom. The lowest BCUT2D eigenvalue weighted by Crippen LogP contribution is -2.13. The van der Waals surface area contributed by atoms with Crippen molar-refractivity contribution in [3.05, 3.63) is 58.7 Å². The number of nitrogens with zero attached hydrogens (tertiary/aromatic N) is 2. The molecule has 2 rings (SSSR count). The highest BCUT2D eigenvalue weighted by Crippen LogP contribution is 2.25. The van der Waals surface area contributed by atoms with Crippen molar-refractivity contribution in [3.63, 3.8) is 0 Å². The van der Waals surface area contributed by atoms with Crippen LogP contribution in [0, 0.1) is 0 Å². The minimum atomic E-state index is 0.907. The summed E-state index contributed by atoms with van der Waals surface area (Å²) in [6.45, 7) is 13.6. The molecule has 0 spiro atoms. The summed E-state index contributed by atoms with van der Waals surface area (Å²) < 4.78 is 0. The third-order valence-electron chi connectivity index (χ3n) is 7.31. The third kappa shape index (κ3) is 11.7. The fourth-order valence-electron chi connectivity index (χ4n) is 4.98. The van der Waals surface area contributed by atoms with Gasteiger partial charge in [0.1, 0.15) is 0 Å². The van der Waals surface area contributed by atoms with Gasteiger partial charge in [-0.1, -0.05) is 85.8 Å². The highest BCUT2D eigenvalue weighted by molar-refractivity contribution is 6.43. The average Bonchev–Trinajstić information content (AvgIpc) is 2.93. The van der Waals surface area contributed by atoms with Crippen LogP contribution in [0.4, 0.5) is 11.4 Å². The molecule has 0 N–H and O–H groups in total. The van der Waals surface area contributed by atoms with Crippen molar-refractivity contribution >= 4 is 22.8 Å². The Labute approximate surface area is 235 Å². The number of aliphatic imine (C=N–C) groups is 2. The maximum atomic E-state index is 5.33. The van der Waals surface area contributed by atoms with Gasteiger partial charge in [0.2, 0.25) is 0 Å². The molecule has 38 heavy (non-hydrogen) atoms. The van der Waals surface area contributed by atoms with Gasteiger partial charge in [0.05, 0.1) is 22.8 Å². The van der Waals surface area contributed by atoms with E-state index in [1.807, 2.05) is 0 Å². The van der Waals surface area contributed by atoms with Crippen LogP contribution in [-0.4, -0.2) is 11.4 Å². The molecular weight excluding hydrogens is 460 g/mol. The highest BCUT2D eigenvalue weighted by atomic mass is 14.8. The molecule has 2 aromatic rings. The predicted molar refractivity (Wildman–Crippen MR) is 171 cm³/mol. The molecule has 0 aromatic heterocycles. The predicted octanol–water partition coefficient (Wildman–Crippen LogP) is 11.5. The topological polar surface area (TPSA) is 24.7 Å². The quantitative estimate of drug-likeness (QED) is 0.166. The number of unbranched alkanes of at least 4 members (excludes halogenated alkanes) is 5. The molecule has 0 saturated carbocycles. The molecular formula is C36H56N2. The van der Waals surface area contributed by atoms with Crippen molar-refractivity contribution in [2.45, 2.75) is 144 Å². The molecule has 0 unspecified atom stereocenters. The first kappa shape index (κ1) is 32.0. The van der Waals surface area contributed by atoms with Gasteiger partial charge in [-0.05, 0) is 117 Å². The van der Waals surface area contributed by atoms with Gasteiger partial charge < -0.3 is 0 Å². The van der Waals surface area contributed by atoms with Crippen molar-refractivity contribution in [3.8, 4) is 0 Å². The van der Waals surface area contributed by atoms with E-state index < -0.39 is 0 Å². The Hall–Kier alpha value is -2.22. The molecule has 0 aliphatic carbocycles. The van der Waals surface area contributed by atoms with Gasteiger partial charge in [0.15, 0.2) is 0 Å².